The fraction of sp³-hybridized carbons (Fsp3) is 0.0294. The molecule has 38 heavy (non-hydrogen) atoms. The highest BCUT2D eigenvalue weighted by Gasteiger charge is 2.50. The quantitative estimate of drug-likeness (QED) is 0.237. The summed E-state index contributed by atoms with van der Waals surface area (Å²) in [5, 5.41) is 0. The molecule has 0 N–H and O–H groups in total. The van der Waals surface area contributed by atoms with Crippen LogP contribution >= 0.6 is 0 Å². The van der Waals surface area contributed by atoms with Crippen LogP contribution in [0.2, 0.25) is 0 Å². The second-order valence-corrected chi connectivity index (χ2v) is 9.99. The Labute approximate surface area is 222 Å². The van der Waals surface area contributed by atoms with Crippen LogP contribution in [0.3, 0.4) is 0 Å². The first-order valence-electron chi connectivity index (χ1n) is 13.1. The Balaban J connectivity index is 1.47. The van der Waals surface area contributed by atoms with E-state index >= 15 is 0 Å². The predicted molar refractivity (Wildman–Crippen MR) is 157 cm³/mol. The summed E-state index contributed by atoms with van der Waals surface area (Å²) in [5.74, 6) is 1.12. The third-order valence-corrected chi connectivity index (χ3v) is 8.04. The maximum atomic E-state index is 4.85. The normalized spacial score (nSPS) is 15.0. The molecule has 0 fully saturated rings. The molecule has 0 saturated heterocycles. The van der Waals surface area contributed by atoms with Gasteiger partial charge in [0.05, 0.1) is 0 Å². The van der Waals surface area contributed by atoms with Gasteiger partial charge in [-0.2, -0.15) is 0 Å². The van der Waals surface area contributed by atoms with Gasteiger partial charge in [-0.3, -0.25) is 0 Å². The van der Waals surface area contributed by atoms with E-state index in [-0.39, 0.29) is 12.8 Å². The Morgan fingerprint density at radius 2 is 1.13 bits per heavy atom. The number of anilines is 2. The number of benzene rings is 5. The minimum atomic E-state index is 0.0344. The van der Waals surface area contributed by atoms with Gasteiger partial charge in [0, 0.05) is 35.1 Å². The van der Waals surface area contributed by atoms with Gasteiger partial charge in [0.2, 0.25) is 0 Å². The number of hydrogen-bond donors (Lipinski definition) is 0. The van der Waals surface area contributed by atoms with E-state index in [2.05, 4.69) is 143 Å². The zero-order chi connectivity index (χ0) is 25.1. The molecule has 178 valence electrons. The van der Waals surface area contributed by atoms with Crippen molar-refractivity contribution in [3.63, 3.8) is 0 Å². The molecule has 0 amide bonds. The number of para-hydroxylation sites is 2. The maximum absolute atomic E-state index is 4.85. The Hall–Kier alpha value is -4.83. The van der Waals surface area contributed by atoms with Crippen LogP contribution in [0.1, 0.15) is 16.9 Å². The van der Waals surface area contributed by atoms with E-state index in [0.29, 0.717) is 0 Å². The van der Waals surface area contributed by atoms with Crippen LogP contribution in [0.25, 0.3) is 33.6 Å². The first-order chi connectivity index (χ1) is 18.9. The Morgan fingerprint density at radius 1 is 0.553 bits per heavy atom. The molecule has 2 aliphatic heterocycles. The van der Waals surface area contributed by atoms with E-state index in [1.165, 1.54) is 50.3 Å². The van der Waals surface area contributed by atoms with Gasteiger partial charge in [0.1, 0.15) is 5.82 Å². The van der Waals surface area contributed by atoms with Crippen LogP contribution in [0.5, 0.6) is 0 Å². The highest BCUT2D eigenvalue weighted by Crippen LogP contribution is 2.54. The van der Waals surface area contributed by atoms with Crippen LogP contribution in [-0.2, 0) is 0 Å². The van der Waals surface area contributed by atoms with Crippen molar-refractivity contribution in [2.24, 2.45) is 0 Å². The highest BCUT2D eigenvalue weighted by molar-refractivity contribution is 6.69. The van der Waals surface area contributed by atoms with Crippen molar-refractivity contribution in [3.8, 4) is 33.6 Å². The molecule has 0 saturated carbocycles. The number of rotatable bonds is 3. The molecule has 3 nitrogen and oxygen atoms in total. The molecule has 6 aromatic rings. The fourth-order valence-corrected chi connectivity index (χ4v) is 6.53. The van der Waals surface area contributed by atoms with Crippen molar-refractivity contribution < 1.29 is 0 Å². The first-order valence-corrected chi connectivity index (χ1v) is 13.1. The van der Waals surface area contributed by atoms with Gasteiger partial charge in [0.15, 0.2) is 0 Å². The van der Waals surface area contributed by atoms with Crippen molar-refractivity contribution in [1.82, 2.24) is 9.46 Å². The number of aromatic nitrogens is 2. The SMILES string of the molecule is c1ccc(-c2cccc(-c3ccccc3)c2C2B3N(c4ccccc4-c4nccn43)c3ccccc32)cc1. The van der Waals surface area contributed by atoms with Crippen molar-refractivity contribution >= 4 is 18.4 Å². The molecule has 0 spiro atoms. The van der Waals surface area contributed by atoms with E-state index in [1.807, 2.05) is 6.20 Å². The monoisotopic (exact) mass is 485 g/mol. The van der Waals surface area contributed by atoms with Gasteiger partial charge in [-0.05, 0) is 51.6 Å². The lowest BCUT2D eigenvalue weighted by atomic mass is 9.55. The maximum Gasteiger partial charge on any atom is 0.398 e. The lowest BCUT2D eigenvalue weighted by molar-refractivity contribution is 1.03. The minimum absolute atomic E-state index is 0.0344. The zero-order valence-electron chi connectivity index (χ0n) is 20.8. The summed E-state index contributed by atoms with van der Waals surface area (Å²) >= 11 is 0. The third kappa shape index (κ3) is 3.01. The van der Waals surface area contributed by atoms with Crippen LogP contribution < -0.4 is 4.81 Å². The summed E-state index contributed by atoms with van der Waals surface area (Å²) in [4.78, 5) is 7.38. The van der Waals surface area contributed by atoms with Crippen molar-refractivity contribution in [3.05, 3.63) is 151 Å². The standard InChI is InChI=1S/C34H24BN3/c1-3-12-24(13-4-1)26-18-11-19-27(25-14-5-2-6-15-25)32(26)33-28-16-7-9-20-30(28)38-31-21-10-8-17-29(31)34-36-22-23-37(34)35(33)38/h1-23,33H. The highest BCUT2D eigenvalue weighted by atomic mass is 15.2. The molecule has 8 rings (SSSR count). The second kappa shape index (κ2) is 8.36. The van der Waals surface area contributed by atoms with E-state index in [1.54, 1.807) is 0 Å². The van der Waals surface area contributed by atoms with E-state index < -0.39 is 0 Å². The molecule has 5 aromatic carbocycles. The van der Waals surface area contributed by atoms with Gasteiger partial charge in [-0.25, -0.2) is 4.98 Å². The van der Waals surface area contributed by atoms with Crippen LogP contribution in [0.4, 0.5) is 11.4 Å². The Morgan fingerprint density at radius 3 is 1.84 bits per heavy atom. The molecule has 0 bridgehead atoms. The predicted octanol–water partition coefficient (Wildman–Crippen LogP) is 8.06. The van der Waals surface area contributed by atoms with Gasteiger partial charge in [0.25, 0.3) is 0 Å². The van der Waals surface area contributed by atoms with Crippen molar-refractivity contribution in [2.45, 2.75) is 5.82 Å². The average Bonchev–Trinajstić information content (AvgIpc) is 3.61. The summed E-state index contributed by atoms with van der Waals surface area (Å²) in [6.07, 6.45) is 4.09. The first kappa shape index (κ1) is 21.3. The van der Waals surface area contributed by atoms with Gasteiger partial charge in [-0.15, -0.1) is 0 Å². The molecule has 3 heterocycles. The fourth-order valence-electron chi connectivity index (χ4n) is 6.53. The summed E-state index contributed by atoms with van der Waals surface area (Å²) in [6, 6.07) is 46.0. The number of imidazole rings is 1. The number of hydrogen-bond acceptors (Lipinski definition) is 2. The lowest BCUT2D eigenvalue weighted by Gasteiger charge is -2.35. The molecule has 4 heteroatoms. The van der Waals surface area contributed by atoms with E-state index in [4.69, 9.17) is 4.98 Å². The molecule has 1 unspecified atom stereocenters. The Bertz CT molecular complexity index is 1730. The molecule has 1 atom stereocenters. The number of nitrogens with zero attached hydrogens (tertiary/aromatic N) is 3. The lowest BCUT2D eigenvalue weighted by Crippen LogP contribution is -2.46. The third-order valence-electron chi connectivity index (χ3n) is 8.04. The largest absolute Gasteiger partial charge is 0.398 e. The summed E-state index contributed by atoms with van der Waals surface area (Å²) in [5.41, 5.74) is 11.3. The number of fused-ring (bicyclic) bond motifs is 8. The van der Waals surface area contributed by atoms with Gasteiger partial charge in [-0.1, -0.05) is 109 Å². The average molecular weight is 485 g/mol. The van der Waals surface area contributed by atoms with Crippen molar-refractivity contribution in [2.75, 3.05) is 4.81 Å². The van der Waals surface area contributed by atoms with Crippen molar-refractivity contribution in [1.29, 1.82) is 0 Å². The second-order valence-electron chi connectivity index (χ2n) is 9.99. The zero-order valence-corrected chi connectivity index (χ0v) is 20.8. The summed E-state index contributed by atoms with van der Waals surface area (Å²) < 4.78 is 2.38. The van der Waals surface area contributed by atoms with Crippen LogP contribution in [-0.4, -0.2) is 16.4 Å². The molecule has 2 aliphatic rings. The molecule has 1 aromatic heterocycles. The summed E-state index contributed by atoms with van der Waals surface area (Å²) in [6.45, 7) is 0.0344. The van der Waals surface area contributed by atoms with E-state index in [0.717, 1.165) is 5.82 Å². The van der Waals surface area contributed by atoms with E-state index in [9.17, 15) is 0 Å². The van der Waals surface area contributed by atoms with Crippen LogP contribution in [0.15, 0.2) is 140 Å². The molecule has 0 radical (unpaired) electrons. The van der Waals surface area contributed by atoms with Crippen LogP contribution in [0, 0.1) is 0 Å². The Kier molecular flexibility index (Phi) is 4.68. The molecular weight excluding hydrogens is 461 g/mol. The van der Waals surface area contributed by atoms with Gasteiger partial charge < -0.3 is 9.29 Å². The summed E-state index contributed by atoms with van der Waals surface area (Å²) in [7, 11) is 0. The minimum Gasteiger partial charge on any atom is -0.364 e. The van der Waals surface area contributed by atoms with Gasteiger partial charge >= 0.3 is 6.98 Å². The molecule has 0 aliphatic carbocycles. The molecular formula is C34H24BN3. The topological polar surface area (TPSA) is 21.1 Å². The smallest absolute Gasteiger partial charge is 0.364 e.